The number of carbonyl (C=O) groups is 1. The zero-order valence-corrected chi connectivity index (χ0v) is 20.3. The topological polar surface area (TPSA) is 60.4 Å². The van der Waals surface area contributed by atoms with E-state index in [1.54, 1.807) is 37.4 Å². The molecule has 5 rings (SSSR count). The van der Waals surface area contributed by atoms with Gasteiger partial charge in [0, 0.05) is 32.6 Å². The molecule has 168 valence electrons. The van der Waals surface area contributed by atoms with E-state index in [0.717, 1.165) is 21.3 Å². The van der Waals surface area contributed by atoms with Crippen LogP contribution in [0, 0.1) is 0 Å². The summed E-state index contributed by atoms with van der Waals surface area (Å²) in [7, 11) is 3.20. The van der Waals surface area contributed by atoms with Crippen molar-refractivity contribution in [2.75, 3.05) is 14.2 Å². The van der Waals surface area contributed by atoms with Crippen LogP contribution in [0.15, 0.2) is 70.2 Å². The van der Waals surface area contributed by atoms with Crippen LogP contribution in [-0.2, 0) is 0 Å². The molecule has 0 aliphatic carbocycles. The predicted octanol–water partition coefficient (Wildman–Crippen LogP) is 5.87. The minimum absolute atomic E-state index is 0.162. The molecule has 2 aliphatic heterocycles. The molecular formula is C25H20BrClN2O4. The molecule has 0 amide bonds. The highest BCUT2D eigenvalue weighted by Crippen LogP contribution is 2.45. The zero-order valence-electron chi connectivity index (χ0n) is 17.9. The summed E-state index contributed by atoms with van der Waals surface area (Å²) in [5.74, 6) is 1.73. The smallest absolute Gasteiger partial charge is 0.251 e. The van der Waals surface area contributed by atoms with Crippen LogP contribution in [0.5, 0.6) is 17.2 Å². The second kappa shape index (κ2) is 8.72. The first-order chi connectivity index (χ1) is 16.0. The number of carbonyl (C=O) groups excluding carboxylic acids is 1. The van der Waals surface area contributed by atoms with E-state index in [1.807, 2.05) is 42.5 Å². The van der Waals surface area contributed by atoms with Gasteiger partial charge in [-0.15, -0.1) is 0 Å². The average molecular weight is 528 g/mol. The van der Waals surface area contributed by atoms with E-state index in [2.05, 4.69) is 15.9 Å². The van der Waals surface area contributed by atoms with Crippen molar-refractivity contribution >= 4 is 39.0 Å². The molecule has 6 nitrogen and oxygen atoms in total. The number of hydrogen-bond acceptors (Lipinski definition) is 6. The highest BCUT2D eigenvalue weighted by molar-refractivity contribution is 9.10. The average Bonchev–Trinajstić information content (AvgIpc) is 3.29. The Kier molecular flexibility index (Phi) is 5.76. The standard InChI is InChI=1S/C25H20BrClN2O4/c1-31-22-9-5-15(11-23(22)32-2)19-13-20-18-12-17(27)8-10-21(18)33-25(29(20)28-19)24(30)14-3-6-16(26)7-4-14/h3-12,20,25H,13H2,1-2H3/t20-,25+/m0/s1. The Morgan fingerprint density at radius 1 is 1.06 bits per heavy atom. The first-order valence-corrected chi connectivity index (χ1v) is 11.5. The Balaban J connectivity index is 1.56. The third-order valence-corrected chi connectivity index (χ3v) is 6.59. The number of Topliss-reactive ketones (excluding diaryl/α,β-unsaturated/α-hetero) is 1. The van der Waals surface area contributed by atoms with Crippen molar-refractivity contribution in [3.8, 4) is 17.2 Å². The van der Waals surface area contributed by atoms with Gasteiger partial charge in [0.15, 0.2) is 11.5 Å². The summed E-state index contributed by atoms with van der Waals surface area (Å²) >= 11 is 9.70. The summed E-state index contributed by atoms with van der Waals surface area (Å²) in [4.78, 5) is 13.4. The number of halogens is 2. The first kappa shape index (κ1) is 21.8. The van der Waals surface area contributed by atoms with Gasteiger partial charge in [-0.05, 0) is 48.5 Å². The van der Waals surface area contributed by atoms with Gasteiger partial charge in [0.1, 0.15) is 5.75 Å². The van der Waals surface area contributed by atoms with E-state index in [-0.39, 0.29) is 11.8 Å². The number of methoxy groups -OCH3 is 2. The Hall–Kier alpha value is -3.03. The lowest BCUT2D eigenvalue weighted by molar-refractivity contribution is -0.00455. The second-order valence-corrected chi connectivity index (χ2v) is 9.09. The van der Waals surface area contributed by atoms with Crippen molar-refractivity contribution < 1.29 is 19.0 Å². The number of hydrazone groups is 1. The third kappa shape index (κ3) is 3.96. The predicted molar refractivity (Wildman–Crippen MR) is 130 cm³/mol. The van der Waals surface area contributed by atoms with Crippen LogP contribution < -0.4 is 14.2 Å². The monoisotopic (exact) mass is 526 g/mol. The molecule has 33 heavy (non-hydrogen) atoms. The maximum atomic E-state index is 13.4. The molecule has 0 radical (unpaired) electrons. The zero-order chi connectivity index (χ0) is 23.1. The molecule has 0 saturated heterocycles. The molecule has 8 heteroatoms. The van der Waals surface area contributed by atoms with E-state index in [0.29, 0.717) is 34.3 Å². The molecule has 2 atom stereocenters. The van der Waals surface area contributed by atoms with Gasteiger partial charge >= 0.3 is 0 Å². The second-order valence-electron chi connectivity index (χ2n) is 7.74. The highest BCUT2D eigenvalue weighted by Gasteiger charge is 2.43. The molecule has 0 spiro atoms. The van der Waals surface area contributed by atoms with Crippen LogP contribution in [-0.4, -0.2) is 37.0 Å². The van der Waals surface area contributed by atoms with Gasteiger partial charge in [-0.25, -0.2) is 5.01 Å². The molecule has 0 aromatic heterocycles. The molecule has 2 aliphatic rings. The summed E-state index contributed by atoms with van der Waals surface area (Å²) in [5.41, 5.74) is 3.17. The van der Waals surface area contributed by atoms with Crippen LogP contribution in [0.2, 0.25) is 5.02 Å². The highest BCUT2D eigenvalue weighted by atomic mass is 79.9. The number of ketones is 1. The van der Waals surface area contributed by atoms with E-state index in [9.17, 15) is 4.79 Å². The molecule has 3 aromatic carbocycles. The maximum Gasteiger partial charge on any atom is 0.251 e. The molecule has 0 N–H and O–H groups in total. The fourth-order valence-electron chi connectivity index (χ4n) is 4.18. The van der Waals surface area contributed by atoms with E-state index >= 15 is 0 Å². The number of hydrogen-bond donors (Lipinski definition) is 0. The largest absolute Gasteiger partial charge is 0.493 e. The van der Waals surface area contributed by atoms with Crippen LogP contribution in [0.3, 0.4) is 0 Å². The number of ether oxygens (including phenoxy) is 3. The Morgan fingerprint density at radius 2 is 1.82 bits per heavy atom. The molecule has 0 unspecified atom stereocenters. The summed E-state index contributed by atoms with van der Waals surface area (Å²) in [6.07, 6.45) is -0.293. The van der Waals surface area contributed by atoms with Crippen molar-refractivity contribution in [1.29, 1.82) is 0 Å². The minimum Gasteiger partial charge on any atom is -0.493 e. The van der Waals surface area contributed by atoms with Crippen LogP contribution in [0.4, 0.5) is 0 Å². The molecule has 0 saturated carbocycles. The van der Waals surface area contributed by atoms with Crippen molar-refractivity contribution in [1.82, 2.24) is 5.01 Å². The van der Waals surface area contributed by atoms with Gasteiger partial charge in [0.25, 0.3) is 6.23 Å². The van der Waals surface area contributed by atoms with Gasteiger partial charge in [0.2, 0.25) is 5.78 Å². The van der Waals surface area contributed by atoms with Crippen LogP contribution in [0.25, 0.3) is 0 Å². The molecule has 0 bridgehead atoms. The van der Waals surface area contributed by atoms with Crippen molar-refractivity contribution in [2.24, 2.45) is 5.10 Å². The van der Waals surface area contributed by atoms with Crippen molar-refractivity contribution in [2.45, 2.75) is 18.7 Å². The molecule has 0 fully saturated rings. The summed E-state index contributed by atoms with van der Waals surface area (Å²) in [6.45, 7) is 0. The van der Waals surface area contributed by atoms with Crippen molar-refractivity contribution in [3.05, 3.63) is 86.8 Å². The molecule has 2 heterocycles. The SMILES string of the molecule is COc1ccc(C2=NN3[C@@H](C(=O)c4ccc(Br)cc4)Oc4ccc(Cl)cc4[C@@H]3C2)cc1OC. The Bertz CT molecular complexity index is 1260. The minimum atomic E-state index is -0.887. The molecular weight excluding hydrogens is 508 g/mol. The summed E-state index contributed by atoms with van der Waals surface area (Å²) in [5, 5.41) is 7.19. The van der Waals surface area contributed by atoms with E-state index < -0.39 is 6.23 Å². The number of nitrogens with zero attached hydrogens (tertiary/aromatic N) is 2. The number of benzene rings is 3. The summed E-state index contributed by atoms with van der Waals surface area (Å²) in [6, 6.07) is 18.2. The maximum absolute atomic E-state index is 13.4. The Labute approximate surface area is 204 Å². The van der Waals surface area contributed by atoms with E-state index in [4.69, 9.17) is 30.9 Å². The van der Waals surface area contributed by atoms with Gasteiger partial charge in [0.05, 0.1) is 26.0 Å². The summed E-state index contributed by atoms with van der Waals surface area (Å²) < 4.78 is 17.9. The van der Waals surface area contributed by atoms with E-state index in [1.165, 1.54) is 0 Å². The van der Waals surface area contributed by atoms with Gasteiger partial charge in [-0.3, -0.25) is 4.79 Å². The lowest BCUT2D eigenvalue weighted by Gasteiger charge is -2.37. The lowest BCUT2D eigenvalue weighted by atomic mass is 9.95. The fourth-order valence-corrected chi connectivity index (χ4v) is 4.62. The normalized spacial score (nSPS) is 18.7. The third-order valence-electron chi connectivity index (χ3n) is 5.82. The van der Waals surface area contributed by atoms with Gasteiger partial charge < -0.3 is 14.2 Å². The fraction of sp³-hybridized carbons (Fsp3) is 0.200. The first-order valence-electron chi connectivity index (χ1n) is 10.3. The quantitative estimate of drug-likeness (QED) is 0.388. The van der Waals surface area contributed by atoms with Crippen LogP contribution >= 0.6 is 27.5 Å². The lowest BCUT2D eigenvalue weighted by Crippen LogP contribution is -2.45. The molecule has 3 aromatic rings. The van der Waals surface area contributed by atoms with Gasteiger partial charge in [-0.2, -0.15) is 5.10 Å². The number of rotatable bonds is 5. The van der Waals surface area contributed by atoms with Crippen LogP contribution in [0.1, 0.15) is 33.9 Å². The van der Waals surface area contributed by atoms with Gasteiger partial charge in [-0.1, -0.05) is 39.7 Å². The van der Waals surface area contributed by atoms with Crippen molar-refractivity contribution in [3.63, 3.8) is 0 Å². The number of fused-ring (bicyclic) bond motifs is 3. The Morgan fingerprint density at radius 3 is 2.55 bits per heavy atom.